The standard InChI is InChI=1S/C28H36B2N8O/c1-17-14-38(23-4-3-20(12-31)25-26(23)35-28(30)27(29)34-25)16-21(39-17)15-36-7-9-37(10-8-36)24-11-19-5-6-32-18(2)22(19)13-33-24/h3-4,11,13,17-18,21,32H,5-10,14-16,29-30H2,1-2H3/t17-,18-,21+/m1/s1. The highest BCUT2D eigenvalue weighted by atomic mass is 16.5. The van der Waals surface area contributed by atoms with Crippen molar-refractivity contribution in [3.8, 4) is 6.07 Å². The fourth-order valence-electron chi connectivity index (χ4n) is 6.23. The minimum absolute atomic E-state index is 0.0985. The molecule has 39 heavy (non-hydrogen) atoms. The van der Waals surface area contributed by atoms with Crippen LogP contribution in [0.1, 0.15) is 36.6 Å². The lowest BCUT2D eigenvalue weighted by atomic mass is 9.90. The second-order valence-electron chi connectivity index (χ2n) is 11.3. The molecule has 0 spiro atoms. The summed E-state index contributed by atoms with van der Waals surface area (Å²) >= 11 is 0. The van der Waals surface area contributed by atoms with Crippen LogP contribution in [0.4, 0.5) is 11.5 Å². The maximum absolute atomic E-state index is 9.65. The van der Waals surface area contributed by atoms with E-state index in [-0.39, 0.29) is 12.2 Å². The van der Waals surface area contributed by atoms with Crippen LogP contribution >= 0.6 is 0 Å². The normalized spacial score (nSPS) is 24.0. The van der Waals surface area contributed by atoms with E-state index < -0.39 is 0 Å². The molecule has 0 amide bonds. The first kappa shape index (κ1) is 26.1. The lowest BCUT2D eigenvalue weighted by Crippen LogP contribution is -2.54. The molecule has 0 saturated carbocycles. The first-order chi connectivity index (χ1) is 18.9. The smallest absolute Gasteiger partial charge is 0.165 e. The van der Waals surface area contributed by atoms with Crippen LogP contribution in [0.15, 0.2) is 24.4 Å². The summed E-state index contributed by atoms with van der Waals surface area (Å²) in [6.45, 7) is 11.8. The van der Waals surface area contributed by atoms with E-state index in [0.29, 0.717) is 17.1 Å². The second-order valence-corrected chi connectivity index (χ2v) is 11.3. The zero-order chi connectivity index (χ0) is 27.1. The molecular formula is C28H36B2N8O. The van der Waals surface area contributed by atoms with E-state index in [2.05, 4.69) is 52.2 Å². The van der Waals surface area contributed by atoms with Gasteiger partial charge in [0.25, 0.3) is 0 Å². The van der Waals surface area contributed by atoms with Gasteiger partial charge in [0.1, 0.15) is 22.9 Å². The van der Waals surface area contributed by atoms with E-state index in [1.54, 1.807) is 0 Å². The quantitative estimate of drug-likeness (QED) is 0.435. The average molecular weight is 522 g/mol. The minimum Gasteiger partial charge on any atom is -0.370 e. The Morgan fingerprint density at radius 3 is 2.59 bits per heavy atom. The molecule has 2 saturated heterocycles. The Balaban J connectivity index is 1.13. The number of hydrogen-bond donors (Lipinski definition) is 1. The highest BCUT2D eigenvalue weighted by molar-refractivity contribution is 6.46. The van der Waals surface area contributed by atoms with Crippen molar-refractivity contribution < 1.29 is 4.74 Å². The number of pyridine rings is 1. The van der Waals surface area contributed by atoms with Gasteiger partial charge in [-0.2, -0.15) is 5.26 Å². The highest BCUT2D eigenvalue weighted by Crippen LogP contribution is 2.29. The Bertz CT molecular complexity index is 1420. The number of ether oxygens (including phenoxy) is 1. The highest BCUT2D eigenvalue weighted by Gasteiger charge is 2.30. The van der Waals surface area contributed by atoms with Crippen LogP contribution in [-0.4, -0.2) is 100 Å². The van der Waals surface area contributed by atoms with Crippen molar-refractivity contribution in [1.82, 2.24) is 25.2 Å². The number of fused-ring (bicyclic) bond motifs is 2. The van der Waals surface area contributed by atoms with Crippen LogP contribution in [0.3, 0.4) is 0 Å². The summed E-state index contributed by atoms with van der Waals surface area (Å²) in [5.41, 5.74) is 7.63. The van der Waals surface area contributed by atoms with E-state index in [1.165, 1.54) is 11.1 Å². The first-order valence-electron chi connectivity index (χ1n) is 14.2. The van der Waals surface area contributed by atoms with Gasteiger partial charge in [-0.1, -0.05) is 0 Å². The summed E-state index contributed by atoms with van der Waals surface area (Å²) in [6.07, 6.45) is 3.34. The van der Waals surface area contributed by atoms with Crippen LogP contribution in [-0.2, 0) is 11.2 Å². The molecule has 1 N–H and O–H groups in total. The van der Waals surface area contributed by atoms with Crippen molar-refractivity contribution in [3.63, 3.8) is 0 Å². The SMILES string of the molecule is Bc1nc2c(C#N)ccc(N3C[C@H](CN4CCN(c5cc6c(cn5)[C@@H](C)NCC6)CC4)O[C@H](C)C3)c2nc1B. The average Bonchev–Trinajstić information content (AvgIpc) is 2.93. The Hall–Kier alpha value is -3.19. The molecule has 3 aliphatic heterocycles. The Morgan fingerprint density at radius 1 is 1.05 bits per heavy atom. The van der Waals surface area contributed by atoms with Gasteiger partial charge in [0, 0.05) is 69.2 Å². The van der Waals surface area contributed by atoms with Crippen LogP contribution < -0.4 is 26.3 Å². The molecule has 11 heteroatoms. The molecule has 1 aromatic carbocycles. The second kappa shape index (κ2) is 10.8. The number of nitrogens with zero attached hydrogens (tertiary/aromatic N) is 7. The molecule has 3 aliphatic rings. The molecule has 6 rings (SSSR count). The summed E-state index contributed by atoms with van der Waals surface area (Å²) in [6, 6.07) is 8.88. The Morgan fingerprint density at radius 2 is 1.82 bits per heavy atom. The van der Waals surface area contributed by atoms with Gasteiger partial charge in [-0.05, 0) is 56.1 Å². The molecule has 0 bridgehead atoms. The van der Waals surface area contributed by atoms with Crippen molar-refractivity contribution >= 4 is 49.4 Å². The summed E-state index contributed by atoms with van der Waals surface area (Å²) < 4.78 is 6.42. The molecule has 3 atom stereocenters. The third kappa shape index (κ3) is 5.21. The first-order valence-corrected chi connectivity index (χ1v) is 14.2. The number of nitrogens with one attached hydrogen (secondary N) is 1. The van der Waals surface area contributed by atoms with E-state index in [0.717, 1.165) is 87.0 Å². The zero-order valence-corrected chi connectivity index (χ0v) is 23.4. The number of aromatic nitrogens is 3. The number of benzene rings is 1. The van der Waals surface area contributed by atoms with Crippen molar-refractivity contribution in [2.45, 2.75) is 38.5 Å². The number of piperazine rings is 1. The minimum atomic E-state index is 0.0985. The fraction of sp³-hybridized carbons (Fsp3) is 0.500. The predicted molar refractivity (Wildman–Crippen MR) is 160 cm³/mol. The molecule has 5 heterocycles. The van der Waals surface area contributed by atoms with Gasteiger partial charge in [0.05, 0.1) is 23.5 Å². The molecule has 0 radical (unpaired) electrons. The van der Waals surface area contributed by atoms with Crippen molar-refractivity contribution in [1.29, 1.82) is 5.26 Å². The topological polar surface area (TPSA) is 93.4 Å². The summed E-state index contributed by atoms with van der Waals surface area (Å²) in [4.78, 5) is 21.7. The third-order valence-electron chi connectivity index (χ3n) is 8.48. The molecular weight excluding hydrogens is 486 g/mol. The largest absolute Gasteiger partial charge is 0.370 e. The molecule has 2 aromatic heterocycles. The number of rotatable bonds is 4. The lowest BCUT2D eigenvalue weighted by molar-refractivity contribution is -0.0327. The maximum Gasteiger partial charge on any atom is 0.165 e. The van der Waals surface area contributed by atoms with Gasteiger partial charge in [-0.15, -0.1) is 0 Å². The van der Waals surface area contributed by atoms with Gasteiger partial charge in [-0.25, -0.2) is 4.98 Å². The van der Waals surface area contributed by atoms with Crippen LogP contribution in [0, 0.1) is 11.3 Å². The van der Waals surface area contributed by atoms with Crippen molar-refractivity contribution in [3.05, 3.63) is 41.1 Å². The van der Waals surface area contributed by atoms with Crippen LogP contribution in [0.25, 0.3) is 11.0 Å². The molecule has 0 aliphatic carbocycles. The summed E-state index contributed by atoms with van der Waals surface area (Å²) in [5.74, 6) is 1.11. The van der Waals surface area contributed by atoms with Crippen LogP contribution in [0.5, 0.6) is 0 Å². The molecule has 200 valence electrons. The fourth-order valence-corrected chi connectivity index (χ4v) is 6.23. The number of hydrogen-bond acceptors (Lipinski definition) is 9. The molecule has 2 fully saturated rings. The lowest BCUT2D eigenvalue weighted by Gasteiger charge is -2.42. The van der Waals surface area contributed by atoms with E-state index >= 15 is 0 Å². The van der Waals surface area contributed by atoms with Gasteiger partial charge in [0.15, 0.2) is 15.7 Å². The monoisotopic (exact) mass is 522 g/mol. The number of nitriles is 1. The van der Waals surface area contributed by atoms with E-state index in [4.69, 9.17) is 19.7 Å². The van der Waals surface area contributed by atoms with Gasteiger partial charge in [0.2, 0.25) is 0 Å². The van der Waals surface area contributed by atoms with Crippen LogP contribution in [0.2, 0.25) is 0 Å². The van der Waals surface area contributed by atoms with Crippen molar-refractivity contribution in [2.75, 3.05) is 62.2 Å². The Labute approximate surface area is 232 Å². The van der Waals surface area contributed by atoms with Gasteiger partial charge in [-0.3, -0.25) is 14.9 Å². The summed E-state index contributed by atoms with van der Waals surface area (Å²) in [7, 11) is 3.92. The van der Waals surface area contributed by atoms with Gasteiger partial charge >= 0.3 is 0 Å². The van der Waals surface area contributed by atoms with E-state index in [1.807, 2.05) is 27.8 Å². The van der Waals surface area contributed by atoms with E-state index in [9.17, 15) is 5.26 Å². The Kier molecular flexibility index (Phi) is 7.19. The molecule has 0 unspecified atom stereocenters. The molecule has 9 nitrogen and oxygen atoms in total. The zero-order valence-electron chi connectivity index (χ0n) is 23.4. The predicted octanol–water partition coefficient (Wildman–Crippen LogP) is -0.964. The van der Waals surface area contributed by atoms with Crippen molar-refractivity contribution in [2.24, 2.45) is 0 Å². The number of morpholine rings is 1. The number of anilines is 2. The molecule has 3 aromatic rings. The third-order valence-corrected chi connectivity index (χ3v) is 8.48. The summed E-state index contributed by atoms with van der Waals surface area (Å²) in [5, 5.41) is 13.2. The maximum atomic E-state index is 9.65. The van der Waals surface area contributed by atoms with Gasteiger partial charge < -0.3 is 19.9 Å².